The van der Waals surface area contributed by atoms with Crippen LogP contribution >= 0.6 is 11.8 Å². The van der Waals surface area contributed by atoms with E-state index in [4.69, 9.17) is 14.2 Å². The van der Waals surface area contributed by atoms with E-state index < -0.39 is 0 Å². The number of para-hydroxylation sites is 1. The van der Waals surface area contributed by atoms with Crippen LogP contribution in [0.2, 0.25) is 0 Å². The van der Waals surface area contributed by atoms with E-state index in [9.17, 15) is 4.79 Å². The number of nitrogens with zero attached hydrogens (tertiary/aromatic N) is 4. The van der Waals surface area contributed by atoms with Gasteiger partial charge in [0.05, 0.1) is 23.8 Å². The number of thioether (sulfide) groups is 1. The highest BCUT2D eigenvalue weighted by Crippen LogP contribution is 2.33. The van der Waals surface area contributed by atoms with Crippen molar-refractivity contribution in [2.75, 3.05) is 7.11 Å². The number of methoxy groups -OCH3 is 1. The molecule has 0 bridgehead atoms. The Bertz CT molecular complexity index is 1280. The fraction of sp³-hybridized carbons (Fsp3) is 0.304. The zero-order valence-electron chi connectivity index (χ0n) is 17.2. The molecule has 5 rings (SSSR count). The molecule has 1 saturated carbocycles. The number of aromatic nitrogens is 4. The van der Waals surface area contributed by atoms with Gasteiger partial charge in [-0.15, -0.1) is 0 Å². The van der Waals surface area contributed by atoms with Gasteiger partial charge in [0, 0.05) is 11.6 Å². The standard InChI is InChI=1S/C23H22N4O3S/c1-29-17-10-6-7-15(13-17)21-25-20(30-26-21)14-31-23-24-19-12-5-4-11-18(19)22(28)27(23)16-8-2-3-9-16/h4-7,10-13,16H,2-3,8-9,14H2,1H3. The van der Waals surface area contributed by atoms with Crippen LogP contribution in [0.4, 0.5) is 0 Å². The van der Waals surface area contributed by atoms with Crippen molar-refractivity contribution < 1.29 is 9.26 Å². The third kappa shape index (κ3) is 3.95. The molecular formula is C23H22N4O3S. The SMILES string of the molecule is COc1cccc(-c2noc(CSc3nc4ccccc4c(=O)n3C3CCCC3)n2)c1. The zero-order chi connectivity index (χ0) is 21.2. The molecule has 4 aromatic rings. The average Bonchev–Trinajstić information content (AvgIpc) is 3.50. The van der Waals surface area contributed by atoms with Gasteiger partial charge in [0.2, 0.25) is 11.7 Å². The molecule has 0 amide bonds. The van der Waals surface area contributed by atoms with Crippen molar-refractivity contribution in [2.24, 2.45) is 0 Å². The van der Waals surface area contributed by atoms with Crippen molar-refractivity contribution in [1.82, 2.24) is 19.7 Å². The van der Waals surface area contributed by atoms with Crippen LogP contribution in [0.1, 0.15) is 37.6 Å². The van der Waals surface area contributed by atoms with E-state index >= 15 is 0 Å². The number of benzene rings is 2. The van der Waals surface area contributed by atoms with Gasteiger partial charge in [0.25, 0.3) is 5.56 Å². The van der Waals surface area contributed by atoms with Crippen LogP contribution in [0.25, 0.3) is 22.3 Å². The molecule has 2 aromatic heterocycles. The first-order valence-electron chi connectivity index (χ1n) is 10.3. The third-order valence-corrected chi connectivity index (χ3v) is 6.52. The molecule has 8 heteroatoms. The molecule has 0 unspecified atom stereocenters. The first-order valence-corrected chi connectivity index (χ1v) is 11.3. The van der Waals surface area contributed by atoms with E-state index in [1.165, 1.54) is 11.8 Å². The molecule has 0 spiro atoms. The molecule has 158 valence electrons. The second-order valence-corrected chi connectivity index (χ2v) is 8.50. The fourth-order valence-corrected chi connectivity index (χ4v) is 4.93. The van der Waals surface area contributed by atoms with Crippen molar-refractivity contribution in [3.05, 3.63) is 64.8 Å². The summed E-state index contributed by atoms with van der Waals surface area (Å²) in [7, 11) is 1.62. The third-order valence-electron chi connectivity index (χ3n) is 5.59. The second-order valence-electron chi connectivity index (χ2n) is 7.56. The molecule has 0 atom stereocenters. The number of fused-ring (bicyclic) bond motifs is 1. The van der Waals surface area contributed by atoms with Crippen molar-refractivity contribution in [3.8, 4) is 17.1 Å². The van der Waals surface area contributed by atoms with E-state index in [1.54, 1.807) is 7.11 Å². The Morgan fingerprint density at radius 3 is 2.81 bits per heavy atom. The number of ether oxygens (including phenoxy) is 1. The van der Waals surface area contributed by atoms with Crippen molar-refractivity contribution in [3.63, 3.8) is 0 Å². The largest absolute Gasteiger partial charge is 0.497 e. The lowest BCUT2D eigenvalue weighted by molar-refractivity contribution is 0.391. The summed E-state index contributed by atoms with van der Waals surface area (Å²) >= 11 is 1.46. The van der Waals surface area contributed by atoms with Gasteiger partial charge in [0.1, 0.15) is 5.75 Å². The smallest absolute Gasteiger partial charge is 0.262 e. The summed E-state index contributed by atoms with van der Waals surface area (Å²) in [6.45, 7) is 0. The van der Waals surface area contributed by atoms with Gasteiger partial charge in [-0.25, -0.2) is 4.98 Å². The van der Waals surface area contributed by atoms with Gasteiger partial charge >= 0.3 is 0 Å². The monoisotopic (exact) mass is 434 g/mol. The van der Waals surface area contributed by atoms with Gasteiger partial charge in [-0.2, -0.15) is 4.98 Å². The second kappa shape index (κ2) is 8.55. The molecule has 1 aliphatic carbocycles. The summed E-state index contributed by atoms with van der Waals surface area (Å²) in [5, 5.41) is 5.47. The zero-order valence-corrected chi connectivity index (χ0v) is 18.0. The fourth-order valence-electron chi connectivity index (χ4n) is 4.03. The quantitative estimate of drug-likeness (QED) is 0.316. The summed E-state index contributed by atoms with van der Waals surface area (Å²) in [5.74, 6) is 2.17. The minimum atomic E-state index is 0.0302. The molecule has 2 heterocycles. The van der Waals surface area contributed by atoms with Crippen LogP contribution in [0.5, 0.6) is 5.75 Å². The Labute approximate surface area is 183 Å². The van der Waals surface area contributed by atoms with Gasteiger partial charge in [0.15, 0.2) is 5.16 Å². The summed E-state index contributed by atoms with van der Waals surface area (Å²) in [6.07, 6.45) is 4.30. The lowest BCUT2D eigenvalue weighted by Gasteiger charge is -2.18. The first kappa shape index (κ1) is 19.8. The normalized spacial score (nSPS) is 14.4. The topological polar surface area (TPSA) is 83.0 Å². The molecular weight excluding hydrogens is 412 g/mol. The summed E-state index contributed by atoms with van der Waals surface area (Å²) in [5.41, 5.74) is 1.57. The summed E-state index contributed by atoms with van der Waals surface area (Å²) < 4.78 is 12.6. The maximum absolute atomic E-state index is 13.2. The average molecular weight is 435 g/mol. The molecule has 1 aliphatic rings. The van der Waals surface area contributed by atoms with E-state index in [2.05, 4.69) is 10.1 Å². The van der Waals surface area contributed by atoms with E-state index in [1.807, 2.05) is 53.1 Å². The Morgan fingerprint density at radius 1 is 1.13 bits per heavy atom. The Balaban J connectivity index is 1.44. The lowest BCUT2D eigenvalue weighted by Crippen LogP contribution is -2.26. The summed E-state index contributed by atoms with van der Waals surface area (Å²) in [4.78, 5) is 22.6. The molecule has 0 saturated heterocycles. The van der Waals surface area contributed by atoms with Crippen LogP contribution in [0, 0.1) is 0 Å². The van der Waals surface area contributed by atoms with Gasteiger partial charge < -0.3 is 9.26 Å². The minimum absolute atomic E-state index is 0.0302. The predicted octanol–water partition coefficient (Wildman–Crippen LogP) is 4.86. The number of rotatable bonds is 6. The Kier molecular flexibility index (Phi) is 5.46. The van der Waals surface area contributed by atoms with Crippen LogP contribution in [-0.4, -0.2) is 26.8 Å². The van der Waals surface area contributed by atoms with Crippen molar-refractivity contribution >= 4 is 22.7 Å². The molecule has 31 heavy (non-hydrogen) atoms. The van der Waals surface area contributed by atoms with Gasteiger partial charge in [-0.3, -0.25) is 9.36 Å². The lowest BCUT2D eigenvalue weighted by atomic mass is 10.2. The highest BCUT2D eigenvalue weighted by molar-refractivity contribution is 7.98. The molecule has 7 nitrogen and oxygen atoms in total. The van der Waals surface area contributed by atoms with E-state index in [0.717, 1.165) is 37.0 Å². The van der Waals surface area contributed by atoms with Crippen LogP contribution in [0.3, 0.4) is 0 Å². The Hall–Kier alpha value is -3.13. The van der Waals surface area contributed by atoms with Crippen LogP contribution in [-0.2, 0) is 5.75 Å². The van der Waals surface area contributed by atoms with Crippen LogP contribution < -0.4 is 10.3 Å². The predicted molar refractivity (Wildman–Crippen MR) is 119 cm³/mol. The van der Waals surface area contributed by atoms with E-state index in [-0.39, 0.29) is 11.6 Å². The molecule has 0 aliphatic heterocycles. The molecule has 0 N–H and O–H groups in total. The van der Waals surface area contributed by atoms with Gasteiger partial charge in [-0.05, 0) is 37.1 Å². The Morgan fingerprint density at radius 2 is 1.97 bits per heavy atom. The minimum Gasteiger partial charge on any atom is -0.497 e. The molecule has 2 aromatic carbocycles. The maximum atomic E-state index is 13.2. The maximum Gasteiger partial charge on any atom is 0.262 e. The van der Waals surface area contributed by atoms with E-state index in [0.29, 0.717) is 33.5 Å². The van der Waals surface area contributed by atoms with Crippen molar-refractivity contribution in [2.45, 2.75) is 42.6 Å². The van der Waals surface area contributed by atoms with Gasteiger partial charge in [-0.1, -0.05) is 54.0 Å². The van der Waals surface area contributed by atoms with Crippen molar-refractivity contribution in [1.29, 1.82) is 0 Å². The highest BCUT2D eigenvalue weighted by Gasteiger charge is 2.23. The molecule has 0 radical (unpaired) electrons. The summed E-state index contributed by atoms with van der Waals surface area (Å²) in [6, 6.07) is 15.2. The number of hydrogen-bond donors (Lipinski definition) is 0. The molecule has 1 fully saturated rings. The first-order chi connectivity index (χ1) is 15.2. The number of hydrogen-bond acceptors (Lipinski definition) is 7. The highest BCUT2D eigenvalue weighted by atomic mass is 32.2. The van der Waals surface area contributed by atoms with Crippen LogP contribution in [0.15, 0.2) is 63.0 Å².